The molecule has 0 aromatic carbocycles. The standard InChI is InChI=1S/C3H7NO2.C3H8/c1-4-3(6)2-5;1-3-2/h5H,2H2,1H3,(H,4,6);3H2,1-2H3. The van der Waals surface area contributed by atoms with Gasteiger partial charge in [0.25, 0.3) is 0 Å². The number of nitrogens with one attached hydrogen (secondary N) is 1. The Bertz CT molecular complexity index is 58.1. The van der Waals surface area contributed by atoms with Gasteiger partial charge in [-0.3, -0.25) is 4.79 Å². The summed E-state index contributed by atoms with van der Waals surface area (Å²) in [6.07, 6.45) is 1.25. The average molecular weight is 133 g/mol. The lowest BCUT2D eigenvalue weighted by atomic mass is 10.6. The monoisotopic (exact) mass is 133 g/mol. The van der Waals surface area contributed by atoms with E-state index in [4.69, 9.17) is 5.11 Å². The summed E-state index contributed by atoms with van der Waals surface area (Å²) in [5, 5.41) is 10.1. The van der Waals surface area contributed by atoms with Crippen molar-refractivity contribution in [3.8, 4) is 0 Å². The molecule has 0 atom stereocenters. The fourth-order valence-corrected chi connectivity index (χ4v) is 0.0791. The lowest BCUT2D eigenvalue weighted by molar-refractivity contribution is -0.123. The number of aliphatic hydroxyl groups excluding tert-OH is 1. The van der Waals surface area contributed by atoms with Crippen molar-refractivity contribution in [2.45, 2.75) is 20.3 Å². The molecule has 0 saturated carbocycles. The molecule has 56 valence electrons. The summed E-state index contributed by atoms with van der Waals surface area (Å²) in [4.78, 5) is 9.82. The molecule has 0 unspecified atom stereocenters. The van der Waals surface area contributed by atoms with Gasteiger partial charge in [-0.15, -0.1) is 0 Å². The number of hydrogen-bond acceptors (Lipinski definition) is 2. The van der Waals surface area contributed by atoms with Crippen molar-refractivity contribution in [3.63, 3.8) is 0 Å². The van der Waals surface area contributed by atoms with Gasteiger partial charge < -0.3 is 10.4 Å². The largest absolute Gasteiger partial charge is 0.387 e. The SMILES string of the molecule is CCC.CNC(=O)CO. The zero-order chi connectivity index (χ0) is 7.70. The van der Waals surface area contributed by atoms with Crippen LogP contribution in [0.1, 0.15) is 20.3 Å². The van der Waals surface area contributed by atoms with Crippen LogP contribution in [-0.2, 0) is 4.79 Å². The molecule has 0 heterocycles. The Morgan fingerprint density at radius 3 is 1.89 bits per heavy atom. The number of carbonyl (C=O) groups is 1. The average Bonchev–Trinajstić information content (AvgIpc) is 1.88. The Morgan fingerprint density at radius 2 is 1.89 bits per heavy atom. The molecular weight excluding hydrogens is 118 g/mol. The topological polar surface area (TPSA) is 49.3 Å². The number of rotatable bonds is 1. The lowest BCUT2D eigenvalue weighted by Gasteiger charge is -1.86. The van der Waals surface area contributed by atoms with Gasteiger partial charge in [-0.2, -0.15) is 0 Å². The zero-order valence-electron chi connectivity index (χ0n) is 6.27. The number of likely N-dealkylation sites (N-methyl/N-ethyl adjacent to an activating group) is 1. The molecule has 3 heteroatoms. The molecule has 0 bridgehead atoms. The van der Waals surface area contributed by atoms with Crippen LogP contribution < -0.4 is 5.32 Å². The molecule has 0 fully saturated rings. The Kier molecular flexibility index (Phi) is 13.0. The van der Waals surface area contributed by atoms with Crippen molar-refractivity contribution in [1.29, 1.82) is 0 Å². The third-order valence-electron chi connectivity index (χ3n) is 0.422. The van der Waals surface area contributed by atoms with Crippen molar-refractivity contribution < 1.29 is 9.90 Å². The predicted octanol–water partition coefficient (Wildman–Crippen LogP) is 0.141. The summed E-state index contributed by atoms with van der Waals surface area (Å²) >= 11 is 0. The second kappa shape index (κ2) is 10.4. The van der Waals surface area contributed by atoms with Crippen LogP contribution >= 0.6 is 0 Å². The number of carbonyl (C=O) groups excluding carboxylic acids is 1. The molecule has 1 amide bonds. The normalized spacial score (nSPS) is 7.11. The van der Waals surface area contributed by atoms with Gasteiger partial charge in [-0.05, 0) is 0 Å². The summed E-state index contributed by atoms with van der Waals surface area (Å²) < 4.78 is 0. The third kappa shape index (κ3) is 18.6. The van der Waals surface area contributed by atoms with E-state index >= 15 is 0 Å². The summed E-state index contributed by atoms with van der Waals surface area (Å²) in [5.41, 5.74) is 0. The quantitative estimate of drug-likeness (QED) is 0.534. The number of amides is 1. The van der Waals surface area contributed by atoms with Crippen LogP contribution in [-0.4, -0.2) is 24.7 Å². The van der Waals surface area contributed by atoms with Gasteiger partial charge in [-0.1, -0.05) is 20.3 Å². The molecule has 9 heavy (non-hydrogen) atoms. The van der Waals surface area contributed by atoms with Gasteiger partial charge in [0, 0.05) is 7.05 Å². The molecule has 0 aliphatic heterocycles. The van der Waals surface area contributed by atoms with Crippen LogP contribution in [0.25, 0.3) is 0 Å². The first-order valence-electron chi connectivity index (χ1n) is 3.04. The maximum Gasteiger partial charge on any atom is 0.245 e. The van der Waals surface area contributed by atoms with Crippen molar-refractivity contribution >= 4 is 5.91 Å². The van der Waals surface area contributed by atoms with Gasteiger partial charge in [0.05, 0.1) is 0 Å². The Morgan fingerprint density at radius 1 is 1.56 bits per heavy atom. The molecule has 0 saturated heterocycles. The molecule has 0 aromatic rings. The van der Waals surface area contributed by atoms with Gasteiger partial charge in [-0.25, -0.2) is 0 Å². The summed E-state index contributed by atoms with van der Waals surface area (Å²) in [5.74, 6) is -0.352. The molecule has 0 rings (SSSR count). The van der Waals surface area contributed by atoms with Crippen LogP contribution in [0.4, 0.5) is 0 Å². The molecule has 0 radical (unpaired) electrons. The first-order valence-corrected chi connectivity index (χ1v) is 3.04. The minimum Gasteiger partial charge on any atom is -0.387 e. The molecule has 0 aliphatic rings. The van der Waals surface area contributed by atoms with E-state index in [2.05, 4.69) is 19.2 Å². The van der Waals surface area contributed by atoms with E-state index in [-0.39, 0.29) is 5.91 Å². The van der Waals surface area contributed by atoms with Crippen LogP contribution in [0.15, 0.2) is 0 Å². The zero-order valence-corrected chi connectivity index (χ0v) is 6.27. The smallest absolute Gasteiger partial charge is 0.245 e. The van der Waals surface area contributed by atoms with Crippen molar-refractivity contribution in [2.75, 3.05) is 13.7 Å². The minimum atomic E-state index is -0.420. The Hall–Kier alpha value is -0.570. The first-order chi connectivity index (χ1) is 4.22. The van der Waals surface area contributed by atoms with Crippen molar-refractivity contribution in [1.82, 2.24) is 5.32 Å². The van der Waals surface area contributed by atoms with E-state index in [1.165, 1.54) is 13.5 Å². The highest BCUT2D eigenvalue weighted by Crippen LogP contribution is 1.56. The van der Waals surface area contributed by atoms with Crippen LogP contribution in [0.5, 0.6) is 0 Å². The van der Waals surface area contributed by atoms with E-state index < -0.39 is 6.61 Å². The highest BCUT2D eigenvalue weighted by atomic mass is 16.3. The fourth-order valence-electron chi connectivity index (χ4n) is 0.0791. The van der Waals surface area contributed by atoms with Gasteiger partial charge in [0.2, 0.25) is 5.91 Å². The van der Waals surface area contributed by atoms with Gasteiger partial charge in [0.15, 0.2) is 0 Å². The molecule has 2 N–H and O–H groups in total. The maximum absolute atomic E-state index is 9.82. The van der Waals surface area contributed by atoms with E-state index in [0.29, 0.717) is 0 Å². The van der Waals surface area contributed by atoms with Crippen LogP contribution in [0, 0.1) is 0 Å². The highest BCUT2D eigenvalue weighted by molar-refractivity contribution is 5.76. The van der Waals surface area contributed by atoms with E-state index in [0.717, 1.165) is 0 Å². The summed E-state index contributed by atoms with van der Waals surface area (Å²) in [7, 11) is 1.47. The predicted molar refractivity (Wildman–Crippen MR) is 37.1 cm³/mol. The summed E-state index contributed by atoms with van der Waals surface area (Å²) in [6.45, 7) is 3.83. The van der Waals surface area contributed by atoms with Crippen molar-refractivity contribution in [2.24, 2.45) is 0 Å². The highest BCUT2D eigenvalue weighted by Gasteiger charge is 1.86. The van der Waals surface area contributed by atoms with Crippen molar-refractivity contribution in [3.05, 3.63) is 0 Å². The van der Waals surface area contributed by atoms with E-state index in [1.807, 2.05) is 0 Å². The van der Waals surface area contributed by atoms with Gasteiger partial charge >= 0.3 is 0 Å². The number of aliphatic hydroxyl groups is 1. The fraction of sp³-hybridized carbons (Fsp3) is 0.833. The second-order valence-corrected chi connectivity index (χ2v) is 1.54. The lowest BCUT2D eigenvalue weighted by Crippen LogP contribution is -2.20. The van der Waals surface area contributed by atoms with E-state index in [1.54, 1.807) is 0 Å². The minimum absolute atomic E-state index is 0.352. The molecule has 3 nitrogen and oxygen atoms in total. The molecule has 0 spiro atoms. The first kappa shape index (κ1) is 11.3. The third-order valence-corrected chi connectivity index (χ3v) is 0.422. The van der Waals surface area contributed by atoms with Crippen LogP contribution in [0.2, 0.25) is 0 Å². The Balaban J connectivity index is 0. The maximum atomic E-state index is 9.82. The number of hydrogen-bond donors (Lipinski definition) is 2. The van der Waals surface area contributed by atoms with E-state index in [9.17, 15) is 4.79 Å². The molecular formula is C6H15NO2. The van der Waals surface area contributed by atoms with Gasteiger partial charge in [0.1, 0.15) is 6.61 Å². The molecule has 0 aliphatic carbocycles. The molecule has 0 aromatic heterocycles. The second-order valence-electron chi connectivity index (χ2n) is 1.54. The Labute approximate surface area is 56.1 Å². The van der Waals surface area contributed by atoms with Crippen LogP contribution in [0.3, 0.4) is 0 Å². The summed E-state index contributed by atoms with van der Waals surface area (Å²) in [6, 6.07) is 0.